The normalized spacial score (nSPS) is 10.3. The van der Waals surface area contributed by atoms with E-state index in [1.807, 2.05) is 6.07 Å². The molecule has 2 nitrogen and oxygen atoms in total. The van der Waals surface area contributed by atoms with Crippen molar-refractivity contribution < 1.29 is 14.3 Å². The van der Waals surface area contributed by atoms with Gasteiger partial charge in [-0.3, -0.25) is 4.79 Å². The molecule has 2 aromatic carbocycles. The fourth-order valence-corrected chi connectivity index (χ4v) is 1.89. The van der Waals surface area contributed by atoms with E-state index in [1.54, 1.807) is 24.3 Å². The van der Waals surface area contributed by atoms with Crippen LogP contribution in [0.3, 0.4) is 0 Å². The Labute approximate surface area is 109 Å². The van der Waals surface area contributed by atoms with E-state index in [4.69, 9.17) is 16.7 Å². The molecule has 0 heterocycles. The van der Waals surface area contributed by atoms with Crippen LogP contribution in [0.5, 0.6) is 0 Å². The van der Waals surface area contributed by atoms with Gasteiger partial charge in [0.25, 0.3) is 0 Å². The minimum atomic E-state index is -1.05. The lowest BCUT2D eigenvalue weighted by atomic mass is 10.0. The number of carboxylic acid groups (broad SMARTS) is 1. The number of carbonyl (C=O) groups is 1. The number of hydrogen-bond donors (Lipinski definition) is 1. The van der Waals surface area contributed by atoms with Crippen LogP contribution in [0.2, 0.25) is 5.02 Å². The van der Waals surface area contributed by atoms with Crippen molar-refractivity contribution in [2.24, 2.45) is 0 Å². The zero-order valence-corrected chi connectivity index (χ0v) is 10.1. The van der Waals surface area contributed by atoms with Gasteiger partial charge in [0.1, 0.15) is 5.82 Å². The predicted octanol–water partition coefficient (Wildman–Crippen LogP) is 3.77. The smallest absolute Gasteiger partial charge is 0.307 e. The molecule has 0 spiro atoms. The highest BCUT2D eigenvalue weighted by atomic mass is 35.5. The average molecular weight is 265 g/mol. The van der Waals surface area contributed by atoms with Crippen LogP contribution in [0.4, 0.5) is 4.39 Å². The van der Waals surface area contributed by atoms with Gasteiger partial charge in [0.05, 0.1) is 6.42 Å². The summed E-state index contributed by atoms with van der Waals surface area (Å²) >= 11 is 5.86. The topological polar surface area (TPSA) is 37.3 Å². The van der Waals surface area contributed by atoms with Gasteiger partial charge in [0.2, 0.25) is 0 Å². The monoisotopic (exact) mass is 264 g/mol. The van der Waals surface area contributed by atoms with Crippen molar-refractivity contribution in [1.29, 1.82) is 0 Å². The van der Waals surface area contributed by atoms with Gasteiger partial charge in [-0.15, -0.1) is 0 Å². The lowest BCUT2D eigenvalue weighted by Gasteiger charge is -2.05. The maximum atomic E-state index is 13.7. The van der Waals surface area contributed by atoms with Gasteiger partial charge in [0.15, 0.2) is 0 Å². The number of halogens is 2. The molecule has 92 valence electrons. The van der Waals surface area contributed by atoms with Crippen LogP contribution in [0.15, 0.2) is 42.5 Å². The first-order valence-corrected chi connectivity index (χ1v) is 5.70. The van der Waals surface area contributed by atoms with Gasteiger partial charge in [-0.2, -0.15) is 0 Å². The summed E-state index contributed by atoms with van der Waals surface area (Å²) in [5.74, 6) is -1.57. The molecule has 0 fully saturated rings. The lowest BCUT2D eigenvalue weighted by Crippen LogP contribution is -2.02. The summed E-state index contributed by atoms with van der Waals surface area (Å²) in [5.41, 5.74) is 1.64. The van der Waals surface area contributed by atoms with Crippen molar-refractivity contribution in [3.8, 4) is 11.1 Å². The van der Waals surface area contributed by atoms with E-state index in [0.29, 0.717) is 10.6 Å². The Balaban J connectivity index is 2.37. The molecule has 0 unspecified atom stereocenters. The largest absolute Gasteiger partial charge is 0.481 e. The molecular formula is C14H10ClFO2. The third kappa shape index (κ3) is 2.87. The minimum absolute atomic E-state index is 0.174. The third-order valence-corrected chi connectivity index (χ3v) is 2.79. The molecular weight excluding hydrogens is 255 g/mol. The number of benzene rings is 2. The molecule has 0 saturated carbocycles. The van der Waals surface area contributed by atoms with Crippen molar-refractivity contribution in [2.45, 2.75) is 6.42 Å². The van der Waals surface area contributed by atoms with Gasteiger partial charge < -0.3 is 5.11 Å². The summed E-state index contributed by atoms with van der Waals surface area (Å²) in [5, 5.41) is 9.20. The molecule has 0 saturated heterocycles. The van der Waals surface area contributed by atoms with E-state index < -0.39 is 11.8 Å². The first-order chi connectivity index (χ1) is 8.56. The van der Waals surface area contributed by atoms with Gasteiger partial charge in [-0.1, -0.05) is 35.9 Å². The molecule has 0 bridgehead atoms. The van der Waals surface area contributed by atoms with Crippen molar-refractivity contribution in [1.82, 2.24) is 0 Å². The predicted molar refractivity (Wildman–Crippen MR) is 68.2 cm³/mol. The second-order valence-corrected chi connectivity index (χ2v) is 4.32. The Morgan fingerprint density at radius 2 is 1.89 bits per heavy atom. The van der Waals surface area contributed by atoms with E-state index in [-0.39, 0.29) is 12.0 Å². The molecule has 0 amide bonds. The molecule has 0 aliphatic heterocycles. The zero-order valence-electron chi connectivity index (χ0n) is 9.36. The van der Waals surface area contributed by atoms with Crippen LogP contribution >= 0.6 is 11.6 Å². The summed E-state index contributed by atoms with van der Waals surface area (Å²) in [7, 11) is 0. The fourth-order valence-electron chi connectivity index (χ4n) is 1.70. The van der Waals surface area contributed by atoms with Gasteiger partial charge in [-0.25, -0.2) is 4.39 Å². The van der Waals surface area contributed by atoms with Crippen LogP contribution in [0.1, 0.15) is 5.56 Å². The Morgan fingerprint density at radius 1 is 1.17 bits per heavy atom. The maximum absolute atomic E-state index is 13.7. The molecule has 4 heteroatoms. The molecule has 18 heavy (non-hydrogen) atoms. The molecule has 0 atom stereocenters. The highest BCUT2D eigenvalue weighted by molar-refractivity contribution is 6.30. The van der Waals surface area contributed by atoms with Crippen LogP contribution in [-0.2, 0) is 11.2 Å². The van der Waals surface area contributed by atoms with Crippen LogP contribution in [-0.4, -0.2) is 11.1 Å². The second-order valence-electron chi connectivity index (χ2n) is 3.89. The van der Waals surface area contributed by atoms with E-state index in [1.165, 1.54) is 12.1 Å². The first kappa shape index (κ1) is 12.6. The number of carboxylic acids is 1. The van der Waals surface area contributed by atoms with Crippen molar-refractivity contribution in [3.63, 3.8) is 0 Å². The summed E-state index contributed by atoms with van der Waals surface area (Å²) in [4.78, 5) is 10.5. The molecule has 0 aliphatic rings. The van der Waals surface area contributed by atoms with E-state index in [2.05, 4.69) is 0 Å². The maximum Gasteiger partial charge on any atom is 0.307 e. The molecule has 0 radical (unpaired) electrons. The van der Waals surface area contributed by atoms with E-state index in [9.17, 15) is 9.18 Å². The first-order valence-electron chi connectivity index (χ1n) is 5.32. The second kappa shape index (κ2) is 5.19. The van der Waals surface area contributed by atoms with Crippen molar-refractivity contribution in [3.05, 3.63) is 58.9 Å². The Kier molecular flexibility index (Phi) is 3.63. The van der Waals surface area contributed by atoms with E-state index >= 15 is 0 Å². The summed E-state index contributed by atoms with van der Waals surface area (Å²) < 4.78 is 13.7. The highest BCUT2D eigenvalue weighted by Gasteiger charge is 2.08. The standard InChI is InChI=1S/C14H10ClFO2/c15-12-3-1-2-9(6-12)10-4-5-11(8-14(17)18)13(16)7-10/h1-7H,8H2,(H,17,18). The van der Waals surface area contributed by atoms with Crippen LogP contribution in [0.25, 0.3) is 11.1 Å². The summed E-state index contributed by atoms with van der Waals surface area (Å²) in [6.07, 6.45) is -0.318. The molecule has 2 aromatic rings. The number of aliphatic carboxylic acids is 1. The molecule has 0 aromatic heterocycles. The summed E-state index contributed by atoms with van der Waals surface area (Å²) in [6.45, 7) is 0. The Bertz CT molecular complexity index is 596. The minimum Gasteiger partial charge on any atom is -0.481 e. The van der Waals surface area contributed by atoms with Crippen molar-refractivity contribution >= 4 is 17.6 Å². The number of hydrogen-bond acceptors (Lipinski definition) is 1. The third-order valence-electron chi connectivity index (χ3n) is 2.55. The Morgan fingerprint density at radius 3 is 2.50 bits per heavy atom. The fraction of sp³-hybridized carbons (Fsp3) is 0.0714. The van der Waals surface area contributed by atoms with E-state index in [0.717, 1.165) is 5.56 Å². The van der Waals surface area contributed by atoms with Crippen molar-refractivity contribution in [2.75, 3.05) is 0 Å². The average Bonchev–Trinajstić information content (AvgIpc) is 2.31. The van der Waals surface area contributed by atoms with Crippen LogP contribution < -0.4 is 0 Å². The molecule has 0 aliphatic carbocycles. The van der Waals surface area contributed by atoms with Gasteiger partial charge in [-0.05, 0) is 34.9 Å². The van der Waals surface area contributed by atoms with Crippen LogP contribution in [0, 0.1) is 5.82 Å². The molecule has 2 rings (SSSR count). The zero-order chi connectivity index (χ0) is 13.1. The molecule has 1 N–H and O–H groups in total. The Hall–Kier alpha value is -1.87. The summed E-state index contributed by atoms with van der Waals surface area (Å²) in [6, 6.07) is 11.6. The highest BCUT2D eigenvalue weighted by Crippen LogP contribution is 2.24. The lowest BCUT2D eigenvalue weighted by molar-refractivity contribution is -0.136. The quantitative estimate of drug-likeness (QED) is 0.916. The number of rotatable bonds is 3. The SMILES string of the molecule is O=C(O)Cc1ccc(-c2cccc(Cl)c2)cc1F. The van der Waals surface area contributed by atoms with Gasteiger partial charge >= 0.3 is 5.97 Å². The van der Waals surface area contributed by atoms with Gasteiger partial charge in [0, 0.05) is 5.02 Å².